The molecule has 2 bridgehead atoms. The van der Waals surface area contributed by atoms with Gasteiger partial charge in [0.05, 0.1) is 24.4 Å². The van der Waals surface area contributed by atoms with Crippen LogP contribution in [0.1, 0.15) is 92.2 Å². The van der Waals surface area contributed by atoms with Gasteiger partial charge >= 0.3 is 0 Å². The predicted octanol–water partition coefficient (Wildman–Crippen LogP) is 6.06. The summed E-state index contributed by atoms with van der Waals surface area (Å²) < 4.78 is 13.8. The molecule has 10 heteroatoms. The number of hydrogen-bond acceptors (Lipinski definition) is 7. The molecular formula is C34H48N4O5Si. The highest BCUT2D eigenvalue weighted by Crippen LogP contribution is 2.53. The van der Waals surface area contributed by atoms with Crippen molar-refractivity contribution in [3.63, 3.8) is 0 Å². The van der Waals surface area contributed by atoms with Crippen molar-refractivity contribution in [2.45, 2.75) is 108 Å². The largest absolute Gasteiger partial charge is 0.393 e. The summed E-state index contributed by atoms with van der Waals surface area (Å²) in [6, 6.07) is 9.23. The van der Waals surface area contributed by atoms with Gasteiger partial charge in [0.1, 0.15) is 12.8 Å². The van der Waals surface area contributed by atoms with E-state index in [2.05, 4.69) is 55.9 Å². The van der Waals surface area contributed by atoms with E-state index in [1.54, 1.807) is 10.8 Å². The number of rotatable bonds is 11. The summed E-state index contributed by atoms with van der Waals surface area (Å²) in [5, 5.41) is 33.1. The van der Waals surface area contributed by atoms with Crippen LogP contribution >= 0.6 is 0 Å². The van der Waals surface area contributed by atoms with Crippen LogP contribution < -0.4 is 5.32 Å². The molecule has 238 valence electrons. The van der Waals surface area contributed by atoms with Gasteiger partial charge in [0.25, 0.3) is 5.91 Å². The second-order valence-corrected chi connectivity index (χ2v) is 20.7. The molecule has 0 spiro atoms. The number of nitriles is 1. The van der Waals surface area contributed by atoms with Crippen LogP contribution in [0.3, 0.4) is 0 Å². The molecule has 0 unspecified atom stereocenters. The molecule has 0 radical (unpaired) electrons. The molecule has 3 N–H and O–H groups in total. The number of anilines is 1. The fourth-order valence-corrected chi connectivity index (χ4v) is 7.60. The zero-order chi connectivity index (χ0) is 31.8. The highest BCUT2D eigenvalue weighted by Gasteiger charge is 2.55. The molecule has 5 rings (SSSR count). The highest BCUT2D eigenvalue weighted by molar-refractivity contribution is 6.76. The SMILES string of the molecule is CC1(C)CC=C(c2cc([C@@H]3C[C@]4(CO)CC[C@](CO)(C3)O4)ccc2NC(=O)c2nc(C#N)cn2COCC[Si](C)(C)C)CC1. The number of carbonyl (C=O) groups excluding carboxylic acids is 1. The van der Waals surface area contributed by atoms with Crippen molar-refractivity contribution in [2.24, 2.45) is 5.41 Å². The first-order valence-electron chi connectivity index (χ1n) is 15.9. The number of imidazole rings is 1. The van der Waals surface area contributed by atoms with Crippen LogP contribution in [0.2, 0.25) is 25.7 Å². The molecule has 44 heavy (non-hydrogen) atoms. The van der Waals surface area contributed by atoms with E-state index in [4.69, 9.17) is 9.47 Å². The number of amides is 1. The lowest BCUT2D eigenvalue weighted by Crippen LogP contribution is -2.47. The molecule has 2 fully saturated rings. The van der Waals surface area contributed by atoms with Crippen molar-refractivity contribution in [3.05, 3.63) is 53.1 Å². The monoisotopic (exact) mass is 620 g/mol. The second kappa shape index (κ2) is 12.5. The van der Waals surface area contributed by atoms with Crippen molar-refractivity contribution in [3.8, 4) is 6.07 Å². The lowest BCUT2D eigenvalue weighted by Gasteiger charge is -2.43. The molecule has 3 atom stereocenters. The number of aliphatic hydroxyl groups excluding tert-OH is 2. The Labute approximate surface area is 262 Å². The maximum absolute atomic E-state index is 13.7. The average molecular weight is 621 g/mol. The molecule has 1 aliphatic carbocycles. The zero-order valence-corrected chi connectivity index (χ0v) is 27.9. The van der Waals surface area contributed by atoms with Crippen molar-refractivity contribution in [1.29, 1.82) is 5.26 Å². The summed E-state index contributed by atoms with van der Waals surface area (Å²) in [6.45, 7) is 12.0. The normalized spacial score (nSPS) is 26.2. The molecule has 2 saturated heterocycles. The number of aromatic nitrogens is 2. The number of carbonyl (C=O) groups is 1. The summed E-state index contributed by atoms with van der Waals surface area (Å²) in [7, 11) is -1.27. The topological polar surface area (TPSA) is 130 Å². The predicted molar refractivity (Wildman–Crippen MR) is 173 cm³/mol. The average Bonchev–Trinajstić information content (AvgIpc) is 3.53. The Morgan fingerprint density at radius 2 is 1.89 bits per heavy atom. The summed E-state index contributed by atoms with van der Waals surface area (Å²) in [5.41, 5.74) is 3.13. The summed E-state index contributed by atoms with van der Waals surface area (Å²) in [4.78, 5) is 18.0. The van der Waals surface area contributed by atoms with Crippen LogP contribution in [0.15, 0.2) is 30.5 Å². The number of allylic oxidation sites excluding steroid dienone is 2. The molecule has 9 nitrogen and oxygen atoms in total. The fraction of sp³-hybridized carbons (Fsp3) is 0.618. The van der Waals surface area contributed by atoms with Crippen molar-refractivity contribution in [1.82, 2.24) is 9.55 Å². The number of benzene rings is 1. The van der Waals surface area contributed by atoms with Crippen LogP contribution in [0.25, 0.3) is 5.57 Å². The van der Waals surface area contributed by atoms with E-state index in [0.29, 0.717) is 25.1 Å². The number of nitrogens with one attached hydrogen (secondary N) is 1. The molecule has 3 aliphatic rings. The van der Waals surface area contributed by atoms with Crippen molar-refractivity contribution >= 4 is 25.2 Å². The maximum Gasteiger partial charge on any atom is 0.291 e. The van der Waals surface area contributed by atoms with Crippen molar-refractivity contribution in [2.75, 3.05) is 25.1 Å². The third-order valence-electron chi connectivity index (χ3n) is 9.68. The van der Waals surface area contributed by atoms with E-state index in [1.165, 1.54) is 5.57 Å². The third kappa shape index (κ3) is 7.18. The van der Waals surface area contributed by atoms with Crippen LogP contribution in [0.5, 0.6) is 0 Å². The highest BCUT2D eigenvalue weighted by atomic mass is 28.3. The van der Waals surface area contributed by atoms with Crippen LogP contribution in [-0.4, -0.2) is 64.8 Å². The van der Waals surface area contributed by atoms with Crippen LogP contribution in [0, 0.1) is 16.7 Å². The number of aliphatic hydroxyl groups is 2. The Balaban J connectivity index is 1.43. The number of fused-ring (bicyclic) bond motifs is 2. The molecule has 0 saturated carbocycles. The zero-order valence-electron chi connectivity index (χ0n) is 26.9. The van der Waals surface area contributed by atoms with E-state index in [-0.39, 0.29) is 42.8 Å². The van der Waals surface area contributed by atoms with Crippen LogP contribution in [0.4, 0.5) is 5.69 Å². The molecule has 2 aromatic rings. The first-order chi connectivity index (χ1) is 20.8. The molecule has 1 amide bonds. The summed E-state index contributed by atoms with van der Waals surface area (Å²) in [6.07, 6.45) is 9.59. The Hall–Kier alpha value is -2.81. The second-order valence-electron chi connectivity index (χ2n) is 15.1. The fourth-order valence-electron chi connectivity index (χ4n) is 6.84. The van der Waals surface area contributed by atoms with E-state index in [1.807, 2.05) is 18.2 Å². The van der Waals surface area contributed by atoms with Gasteiger partial charge in [-0.2, -0.15) is 5.26 Å². The third-order valence-corrected chi connectivity index (χ3v) is 11.4. The Morgan fingerprint density at radius 1 is 1.18 bits per heavy atom. The minimum atomic E-state index is -1.27. The smallest absolute Gasteiger partial charge is 0.291 e. The van der Waals surface area contributed by atoms with Gasteiger partial charge in [0.15, 0.2) is 5.69 Å². The van der Waals surface area contributed by atoms with Gasteiger partial charge in [-0.3, -0.25) is 4.79 Å². The summed E-state index contributed by atoms with van der Waals surface area (Å²) in [5.74, 6) is -0.146. The molecule has 1 aromatic heterocycles. The van der Waals surface area contributed by atoms with E-state index in [0.717, 1.165) is 49.3 Å². The van der Waals surface area contributed by atoms with Crippen molar-refractivity contribution < 1.29 is 24.5 Å². The lowest BCUT2D eigenvalue weighted by atomic mass is 9.75. The van der Waals surface area contributed by atoms with Gasteiger partial charge < -0.3 is 29.6 Å². The molecule has 3 heterocycles. The Kier molecular flexibility index (Phi) is 9.27. The first kappa shape index (κ1) is 32.6. The molecule has 1 aromatic carbocycles. The minimum Gasteiger partial charge on any atom is -0.393 e. The number of ether oxygens (including phenoxy) is 2. The van der Waals surface area contributed by atoms with Gasteiger partial charge in [-0.1, -0.05) is 45.6 Å². The first-order valence-corrected chi connectivity index (χ1v) is 19.6. The minimum absolute atomic E-state index is 0.0638. The Morgan fingerprint density at radius 3 is 2.48 bits per heavy atom. The van der Waals surface area contributed by atoms with Gasteiger partial charge in [0.2, 0.25) is 5.82 Å². The molecular weight excluding hydrogens is 572 g/mol. The van der Waals surface area contributed by atoms with Crippen LogP contribution in [-0.2, 0) is 16.2 Å². The van der Waals surface area contributed by atoms with Gasteiger partial charge in [0, 0.05) is 32.1 Å². The van der Waals surface area contributed by atoms with Gasteiger partial charge in [-0.05, 0) is 85.6 Å². The van der Waals surface area contributed by atoms with E-state index < -0.39 is 25.2 Å². The standard InChI is InChI=1S/C34H48N4O5Si/c1-32(2)10-8-24(9-11-32)28-16-25(26-17-33(21-39)12-13-34(18-26,22-40)43-33)6-7-29(28)37-31(41)30-36-27(19-35)20-38(30)23-42-14-15-44(3,4)5/h6-8,16,20,26,39-40H,9-15,17-18,21-23H2,1-5H3,(H,37,41)/t26-,33+,34-. The Bertz CT molecular complexity index is 1430. The van der Waals surface area contributed by atoms with Gasteiger partial charge in [-0.25, -0.2) is 4.98 Å². The maximum atomic E-state index is 13.7. The van der Waals surface area contributed by atoms with Gasteiger partial charge in [-0.15, -0.1) is 0 Å². The number of nitrogens with zero attached hydrogens (tertiary/aromatic N) is 3. The summed E-state index contributed by atoms with van der Waals surface area (Å²) >= 11 is 0. The lowest BCUT2D eigenvalue weighted by molar-refractivity contribution is -0.177. The number of hydrogen-bond donors (Lipinski definition) is 3. The quantitative estimate of drug-likeness (QED) is 0.206. The molecule has 2 aliphatic heterocycles. The van der Waals surface area contributed by atoms with E-state index >= 15 is 0 Å². The van der Waals surface area contributed by atoms with E-state index in [9.17, 15) is 20.3 Å².